The Hall–Kier alpha value is -3.92. The van der Waals surface area contributed by atoms with E-state index in [-0.39, 0.29) is 39.3 Å². The molecule has 1 amide bonds. The number of anilines is 1. The van der Waals surface area contributed by atoms with Gasteiger partial charge in [-0.1, -0.05) is 6.07 Å². The minimum absolute atomic E-state index is 0.00967. The van der Waals surface area contributed by atoms with Gasteiger partial charge in [0.2, 0.25) is 12.7 Å². The fourth-order valence-electron chi connectivity index (χ4n) is 4.97. The Morgan fingerprint density at radius 2 is 1.74 bits per heavy atom. The Bertz CT molecular complexity index is 1500. The summed E-state index contributed by atoms with van der Waals surface area (Å²) in [6.45, 7) is 4.93. The van der Waals surface area contributed by atoms with E-state index < -0.39 is 59.6 Å². The van der Waals surface area contributed by atoms with Crippen molar-refractivity contribution in [2.24, 2.45) is 5.73 Å². The van der Waals surface area contributed by atoms with Gasteiger partial charge in [-0.05, 0) is 45.0 Å². The van der Waals surface area contributed by atoms with Gasteiger partial charge in [-0.15, -0.1) is 0 Å². The summed E-state index contributed by atoms with van der Waals surface area (Å²) in [5, 5.41) is 34.0. The molecule has 2 heterocycles. The number of aliphatic hydroxyl groups excluding tert-OH is 2. The number of carbonyl (C=O) groups is 1. The van der Waals surface area contributed by atoms with Crippen LogP contribution in [0, 0.1) is 6.92 Å². The molecule has 0 bridgehead atoms. The second-order valence-corrected chi connectivity index (χ2v) is 10.0. The second-order valence-electron chi connectivity index (χ2n) is 10.0. The molecule has 1 unspecified atom stereocenters. The predicted octanol–water partition coefficient (Wildman–Crippen LogP) is 1.59. The Balaban J connectivity index is 1.67. The average molecular weight is 591 g/mol. The number of carbonyl (C=O) groups excluding carboxylic acids is 1. The summed E-state index contributed by atoms with van der Waals surface area (Å²) in [6, 6.07) is 7.58. The third kappa shape index (κ3) is 5.72. The predicted molar refractivity (Wildman–Crippen MR) is 148 cm³/mol. The van der Waals surface area contributed by atoms with Gasteiger partial charge in [0, 0.05) is 12.7 Å². The van der Waals surface area contributed by atoms with Crippen LogP contribution in [0.2, 0.25) is 0 Å². The molecule has 0 saturated carbocycles. The third-order valence-corrected chi connectivity index (χ3v) is 6.95. The van der Waals surface area contributed by atoms with E-state index >= 15 is 0 Å². The van der Waals surface area contributed by atoms with E-state index in [2.05, 4.69) is 5.32 Å². The number of amides is 1. The van der Waals surface area contributed by atoms with Gasteiger partial charge in [0.05, 0.1) is 25.2 Å². The minimum atomic E-state index is -1.70. The summed E-state index contributed by atoms with van der Waals surface area (Å²) >= 11 is 0. The quantitative estimate of drug-likeness (QED) is 0.178. The lowest BCUT2D eigenvalue weighted by Gasteiger charge is -2.48. The van der Waals surface area contributed by atoms with Crippen molar-refractivity contribution in [3.05, 3.63) is 51.9 Å². The lowest BCUT2D eigenvalue weighted by atomic mass is 9.89. The standard InChI is InChI=1S/C28H34N2O12/c1-12-14(39-26-20(32)22(41-27(29)35)23(38-6)28(2,3)42-26)11-10-13-19(31)18(25(34)40-21(12)13)30-24(33)17-15(36-4)8-7-9-16(17)37-5/h7-11,20,22-23,26-27,31-32,35H,29H2,1-6H3,(H,30,33)/t20-,22+,23-,26-,27?/m1/s1. The van der Waals surface area contributed by atoms with Gasteiger partial charge >= 0.3 is 5.63 Å². The molecular formula is C28H34N2O12. The Morgan fingerprint density at radius 1 is 1.10 bits per heavy atom. The molecule has 1 aliphatic heterocycles. The number of rotatable bonds is 9. The van der Waals surface area contributed by atoms with Gasteiger partial charge in [0.15, 0.2) is 11.4 Å². The van der Waals surface area contributed by atoms with E-state index in [1.165, 1.54) is 33.5 Å². The molecule has 14 nitrogen and oxygen atoms in total. The van der Waals surface area contributed by atoms with Gasteiger partial charge in [-0.2, -0.15) is 0 Å². The number of hydrogen-bond acceptors (Lipinski definition) is 13. The van der Waals surface area contributed by atoms with Crippen LogP contribution in [0.25, 0.3) is 11.0 Å². The monoisotopic (exact) mass is 590 g/mol. The molecule has 6 N–H and O–H groups in total. The maximum absolute atomic E-state index is 13.1. The highest BCUT2D eigenvalue weighted by atomic mass is 16.7. The first-order valence-corrected chi connectivity index (χ1v) is 12.8. The molecule has 0 spiro atoms. The zero-order chi connectivity index (χ0) is 30.9. The number of aryl methyl sites for hydroxylation is 1. The number of hydrogen-bond donors (Lipinski definition) is 5. The first kappa shape index (κ1) is 31.0. The molecule has 3 aromatic rings. The first-order chi connectivity index (χ1) is 19.8. The van der Waals surface area contributed by atoms with Crippen LogP contribution in [0.1, 0.15) is 29.8 Å². The fraction of sp³-hybridized carbons (Fsp3) is 0.429. The Morgan fingerprint density at radius 3 is 2.31 bits per heavy atom. The van der Waals surface area contributed by atoms with Crippen molar-refractivity contribution in [2.45, 2.75) is 57.4 Å². The smallest absolute Gasteiger partial charge is 0.364 e. The van der Waals surface area contributed by atoms with Crippen LogP contribution in [0.3, 0.4) is 0 Å². The van der Waals surface area contributed by atoms with E-state index in [1.54, 1.807) is 39.0 Å². The van der Waals surface area contributed by atoms with E-state index in [9.17, 15) is 24.9 Å². The van der Waals surface area contributed by atoms with E-state index in [4.69, 9.17) is 38.6 Å². The molecule has 1 fully saturated rings. The molecule has 4 rings (SSSR count). The van der Waals surface area contributed by atoms with Crippen molar-refractivity contribution in [2.75, 3.05) is 26.6 Å². The van der Waals surface area contributed by atoms with E-state index in [0.29, 0.717) is 0 Å². The van der Waals surface area contributed by atoms with Crippen molar-refractivity contribution >= 4 is 22.6 Å². The molecule has 228 valence electrons. The van der Waals surface area contributed by atoms with Crippen molar-refractivity contribution in [3.8, 4) is 23.0 Å². The SMILES string of the molecule is COc1cccc(OC)c1C(=O)Nc1c(O)c2ccc(O[C@@H]3OC(C)(C)[C@H](OC)[C@@H](OC(N)O)[C@H]3O)c(C)c2oc1=O. The maximum Gasteiger partial charge on any atom is 0.364 e. The third-order valence-electron chi connectivity index (χ3n) is 6.95. The number of methoxy groups -OCH3 is 3. The van der Waals surface area contributed by atoms with Crippen LogP contribution < -0.4 is 30.9 Å². The Labute approximate surface area is 240 Å². The highest BCUT2D eigenvalue weighted by Gasteiger charge is 2.52. The average Bonchev–Trinajstić information content (AvgIpc) is 2.94. The topological polar surface area (TPSA) is 201 Å². The normalized spacial score (nSPS) is 22.4. The number of nitrogens with one attached hydrogen (secondary N) is 1. The van der Waals surface area contributed by atoms with Gasteiger partial charge in [0.25, 0.3) is 5.91 Å². The molecular weight excluding hydrogens is 556 g/mol. The van der Waals surface area contributed by atoms with Crippen LogP contribution in [0.4, 0.5) is 5.69 Å². The van der Waals surface area contributed by atoms with E-state index in [1.807, 2.05) is 0 Å². The summed E-state index contributed by atoms with van der Waals surface area (Å²) in [5.41, 5.74) is 3.06. The molecule has 2 aromatic carbocycles. The van der Waals surface area contributed by atoms with Gasteiger partial charge in [-0.25, -0.2) is 4.79 Å². The molecule has 1 aromatic heterocycles. The van der Waals surface area contributed by atoms with Crippen LogP contribution in [0.15, 0.2) is 39.5 Å². The number of nitrogens with two attached hydrogens (primary N) is 1. The van der Waals surface area contributed by atoms with Gasteiger partial charge < -0.3 is 53.5 Å². The summed E-state index contributed by atoms with van der Waals surface area (Å²) in [4.78, 5) is 26.1. The molecule has 14 heteroatoms. The van der Waals surface area contributed by atoms with Crippen molar-refractivity contribution in [3.63, 3.8) is 0 Å². The molecule has 1 aliphatic rings. The summed E-state index contributed by atoms with van der Waals surface area (Å²) in [6.07, 6.45) is -6.42. The van der Waals surface area contributed by atoms with Crippen LogP contribution >= 0.6 is 0 Å². The van der Waals surface area contributed by atoms with Crippen LogP contribution in [-0.4, -0.2) is 79.2 Å². The molecule has 5 atom stereocenters. The van der Waals surface area contributed by atoms with Crippen LogP contribution in [0.5, 0.6) is 23.0 Å². The highest BCUT2D eigenvalue weighted by Crippen LogP contribution is 2.39. The number of fused-ring (bicyclic) bond motifs is 1. The minimum Gasteiger partial charge on any atom is -0.505 e. The van der Waals surface area contributed by atoms with Crippen LogP contribution in [-0.2, 0) is 14.2 Å². The summed E-state index contributed by atoms with van der Waals surface area (Å²) in [5.74, 6) is -0.794. The second kappa shape index (κ2) is 12.1. The summed E-state index contributed by atoms with van der Waals surface area (Å²) < 4.78 is 38.6. The van der Waals surface area contributed by atoms with Crippen molar-refractivity contribution in [1.29, 1.82) is 0 Å². The van der Waals surface area contributed by atoms with Gasteiger partial charge in [-0.3, -0.25) is 10.5 Å². The first-order valence-electron chi connectivity index (χ1n) is 12.8. The number of aromatic hydroxyl groups is 1. The highest BCUT2D eigenvalue weighted by molar-refractivity contribution is 6.09. The summed E-state index contributed by atoms with van der Waals surface area (Å²) in [7, 11) is 4.14. The number of benzene rings is 2. The van der Waals surface area contributed by atoms with E-state index in [0.717, 1.165) is 0 Å². The van der Waals surface area contributed by atoms with Crippen molar-refractivity contribution < 1.29 is 53.0 Å². The maximum atomic E-state index is 13.1. The lowest BCUT2D eigenvalue weighted by molar-refractivity contribution is -0.329. The zero-order valence-corrected chi connectivity index (χ0v) is 23.9. The Kier molecular flexibility index (Phi) is 8.96. The molecule has 0 radical (unpaired) electrons. The zero-order valence-electron chi connectivity index (χ0n) is 23.9. The molecule has 0 aliphatic carbocycles. The number of aliphatic hydroxyl groups is 2. The largest absolute Gasteiger partial charge is 0.505 e. The molecule has 1 saturated heterocycles. The number of ether oxygens (including phenoxy) is 6. The van der Waals surface area contributed by atoms with Crippen molar-refractivity contribution in [1.82, 2.24) is 0 Å². The lowest BCUT2D eigenvalue weighted by Crippen LogP contribution is -2.65. The van der Waals surface area contributed by atoms with Gasteiger partial charge in [0.1, 0.15) is 46.7 Å². The fourth-order valence-corrected chi connectivity index (χ4v) is 4.97. The molecule has 42 heavy (non-hydrogen) atoms.